The van der Waals surface area contributed by atoms with E-state index in [2.05, 4.69) is 21.0 Å². The van der Waals surface area contributed by atoms with E-state index in [0.29, 0.717) is 5.92 Å². The SMILES string of the molecule is CC(C1CC1)n1ncc(CBr)c1C(F)(F)F. The van der Waals surface area contributed by atoms with Crippen LogP contribution in [0.15, 0.2) is 6.20 Å². The third-order valence-electron chi connectivity index (χ3n) is 2.97. The van der Waals surface area contributed by atoms with Crippen LogP contribution in [0.2, 0.25) is 0 Å². The Hall–Kier alpha value is -0.520. The summed E-state index contributed by atoms with van der Waals surface area (Å²) in [6.07, 6.45) is -1.02. The fraction of sp³-hybridized carbons (Fsp3) is 0.700. The van der Waals surface area contributed by atoms with Crippen molar-refractivity contribution in [2.45, 2.75) is 37.3 Å². The van der Waals surface area contributed by atoms with Gasteiger partial charge in [0.2, 0.25) is 0 Å². The number of rotatable bonds is 3. The molecule has 16 heavy (non-hydrogen) atoms. The number of alkyl halides is 4. The zero-order valence-corrected chi connectivity index (χ0v) is 10.3. The van der Waals surface area contributed by atoms with Crippen molar-refractivity contribution in [2.75, 3.05) is 0 Å². The van der Waals surface area contributed by atoms with E-state index in [1.54, 1.807) is 6.92 Å². The molecule has 1 saturated carbocycles. The lowest BCUT2D eigenvalue weighted by Gasteiger charge is -2.17. The summed E-state index contributed by atoms with van der Waals surface area (Å²) in [5.74, 6) is 0.351. The molecule has 1 fully saturated rings. The summed E-state index contributed by atoms with van der Waals surface area (Å²) in [7, 11) is 0. The molecule has 2 rings (SSSR count). The smallest absolute Gasteiger partial charge is 0.257 e. The Kier molecular flexibility index (Phi) is 3.03. The highest BCUT2D eigenvalue weighted by Gasteiger charge is 2.41. The molecule has 1 aliphatic rings. The molecule has 1 aromatic heterocycles. The second-order valence-corrected chi connectivity index (χ2v) is 4.73. The topological polar surface area (TPSA) is 17.8 Å². The molecule has 0 aliphatic heterocycles. The minimum absolute atomic E-state index is 0.163. The van der Waals surface area contributed by atoms with Crippen LogP contribution in [-0.4, -0.2) is 9.78 Å². The van der Waals surface area contributed by atoms with Crippen molar-refractivity contribution in [3.63, 3.8) is 0 Å². The van der Waals surface area contributed by atoms with Gasteiger partial charge in [0, 0.05) is 10.9 Å². The second-order valence-electron chi connectivity index (χ2n) is 4.17. The van der Waals surface area contributed by atoms with Gasteiger partial charge in [0.1, 0.15) is 5.69 Å². The molecule has 0 radical (unpaired) electrons. The predicted molar refractivity (Wildman–Crippen MR) is 57.3 cm³/mol. The monoisotopic (exact) mass is 296 g/mol. The molecule has 0 aromatic carbocycles. The van der Waals surface area contributed by atoms with Gasteiger partial charge in [-0.3, -0.25) is 4.68 Å². The van der Waals surface area contributed by atoms with E-state index in [1.807, 2.05) is 0 Å². The maximum absolute atomic E-state index is 12.9. The molecule has 1 atom stereocenters. The van der Waals surface area contributed by atoms with Crippen LogP contribution in [0.1, 0.15) is 37.1 Å². The molecule has 0 spiro atoms. The minimum atomic E-state index is -4.33. The standard InChI is InChI=1S/C10H12BrF3N2/c1-6(7-2-3-7)16-9(10(12,13)14)8(4-11)5-15-16/h5-7H,2-4H2,1H3. The van der Waals surface area contributed by atoms with Crippen LogP contribution in [0.5, 0.6) is 0 Å². The van der Waals surface area contributed by atoms with Crippen LogP contribution in [-0.2, 0) is 11.5 Å². The van der Waals surface area contributed by atoms with Crippen molar-refractivity contribution >= 4 is 15.9 Å². The van der Waals surface area contributed by atoms with Gasteiger partial charge in [0.05, 0.1) is 12.2 Å². The van der Waals surface area contributed by atoms with E-state index >= 15 is 0 Å². The first-order valence-corrected chi connectivity index (χ1v) is 6.27. The molecule has 1 aromatic rings. The van der Waals surface area contributed by atoms with Crippen molar-refractivity contribution in [1.82, 2.24) is 9.78 Å². The zero-order chi connectivity index (χ0) is 11.9. The van der Waals surface area contributed by atoms with Gasteiger partial charge in [-0.2, -0.15) is 18.3 Å². The Morgan fingerprint density at radius 1 is 1.56 bits per heavy atom. The van der Waals surface area contributed by atoms with Crippen LogP contribution < -0.4 is 0 Å². The normalized spacial score (nSPS) is 18.8. The maximum Gasteiger partial charge on any atom is 0.433 e. The van der Waals surface area contributed by atoms with Gasteiger partial charge in [-0.15, -0.1) is 0 Å². The first kappa shape index (κ1) is 12.0. The van der Waals surface area contributed by atoms with Gasteiger partial charge in [-0.25, -0.2) is 0 Å². The number of hydrogen-bond donors (Lipinski definition) is 0. The number of aromatic nitrogens is 2. The lowest BCUT2D eigenvalue weighted by atomic mass is 10.2. The second kappa shape index (κ2) is 4.05. The van der Waals surface area contributed by atoms with Crippen molar-refractivity contribution in [3.8, 4) is 0 Å². The van der Waals surface area contributed by atoms with Crippen LogP contribution in [0.4, 0.5) is 13.2 Å². The van der Waals surface area contributed by atoms with Gasteiger partial charge in [0.15, 0.2) is 0 Å². The summed E-state index contributed by atoms with van der Waals surface area (Å²) in [6, 6.07) is -0.163. The van der Waals surface area contributed by atoms with E-state index in [1.165, 1.54) is 6.20 Å². The Balaban J connectivity index is 2.40. The van der Waals surface area contributed by atoms with Gasteiger partial charge >= 0.3 is 6.18 Å². The third kappa shape index (κ3) is 2.12. The van der Waals surface area contributed by atoms with E-state index in [4.69, 9.17) is 0 Å². The molecular formula is C10H12BrF3N2. The lowest BCUT2D eigenvalue weighted by Crippen LogP contribution is -2.20. The molecule has 0 N–H and O–H groups in total. The number of hydrogen-bond acceptors (Lipinski definition) is 1. The number of halogens is 4. The van der Waals surface area contributed by atoms with E-state index in [0.717, 1.165) is 17.5 Å². The first-order valence-electron chi connectivity index (χ1n) is 5.14. The zero-order valence-electron chi connectivity index (χ0n) is 8.76. The summed E-state index contributed by atoms with van der Waals surface area (Å²) in [4.78, 5) is 0. The molecule has 1 unspecified atom stereocenters. The summed E-state index contributed by atoms with van der Waals surface area (Å²) in [5.41, 5.74) is -0.399. The third-order valence-corrected chi connectivity index (χ3v) is 3.58. The minimum Gasteiger partial charge on any atom is -0.257 e. The van der Waals surface area contributed by atoms with Crippen LogP contribution >= 0.6 is 15.9 Å². The van der Waals surface area contributed by atoms with Crippen molar-refractivity contribution in [2.24, 2.45) is 5.92 Å². The Labute approximate surface area is 100.0 Å². The lowest BCUT2D eigenvalue weighted by molar-refractivity contribution is -0.145. The van der Waals surface area contributed by atoms with Crippen molar-refractivity contribution in [3.05, 3.63) is 17.5 Å². The van der Waals surface area contributed by atoms with Crippen molar-refractivity contribution in [1.29, 1.82) is 0 Å². The molecule has 1 aliphatic carbocycles. The molecule has 0 saturated heterocycles. The Morgan fingerprint density at radius 2 is 2.19 bits per heavy atom. The van der Waals surface area contributed by atoms with Crippen LogP contribution in [0.3, 0.4) is 0 Å². The summed E-state index contributed by atoms with van der Waals surface area (Å²) in [6.45, 7) is 1.80. The molecule has 0 amide bonds. The van der Waals surface area contributed by atoms with Gasteiger partial charge in [-0.05, 0) is 25.7 Å². The first-order chi connectivity index (χ1) is 7.45. The van der Waals surface area contributed by atoms with E-state index in [-0.39, 0.29) is 16.9 Å². The molecule has 1 heterocycles. The largest absolute Gasteiger partial charge is 0.433 e. The number of nitrogens with zero attached hydrogens (tertiary/aromatic N) is 2. The van der Waals surface area contributed by atoms with E-state index in [9.17, 15) is 13.2 Å². The molecular weight excluding hydrogens is 285 g/mol. The average molecular weight is 297 g/mol. The average Bonchev–Trinajstić information content (AvgIpc) is 2.93. The van der Waals surface area contributed by atoms with Crippen LogP contribution in [0, 0.1) is 5.92 Å². The highest BCUT2D eigenvalue weighted by molar-refractivity contribution is 9.08. The van der Waals surface area contributed by atoms with Gasteiger partial charge in [-0.1, -0.05) is 15.9 Å². The van der Waals surface area contributed by atoms with E-state index < -0.39 is 11.9 Å². The fourth-order valence-corrected chi connectivity index (χ4v) is 2.31. The fourth-order valence-electron chi connectivity index (χ4n) is 1.89. The quantitative estimate of drug-likeness (QED) is 0.777. The summed E-state index contributed by atoms with van der Waals surface area (Å²) in [5, 5.41) is 4.06. The predicted octanol–water partition coefficient (Wildman–Crippen LogP) is 3.77. The Bertz CT molecular complexity index is 382. The highest BCUT2D eigenvalue weighted by Crippen LogP contribution is 2.42. The summed E-state index contributed by atoms with van der Waals surface area (Å²) < 4.78 is 39.8. The van der Waals surface area contributed by atoms with Gasteiger partial charge in [0.25, 0.3) is 0 Å². The van der Waals surface area contributed by atoms with Crippen molar-refractivity contribution < 1.29 is 13.2 Å². The Morgan fingerprint density at radius 3 is 2.62 bits per heavy atom. The van der Waals surface area contributed by atoms with Gasteiger partial charge < -0.3 is 0 Å². The maximum atomic E-state index is 12.9. The molecule has 6 heteroatoms. The van der Waals surface area contributed by atoms with Crippen LogP contribution in [0.25, 0.3) is 0 Å². The molecule has 0 bridgehead atoms. The molecule has 90 valence electrons. The highest BCUT2D eigenvalue weighted by atomic mass is 79.9. The summed E-state index contributed by atoms with van der Waals surface area (Å²) >= 11 is 3.06. The molecule has 2 nitrogen and oxygen atoms in total.